The van der Waals surface area contributed by atoms with Crippen LogP contribution < -0.4 is 5.32 Å². The van der Waals surface area contributed by atoms with Crippen molar-refractivity contribution in [2.45, 2.75) is 46.3 Å². The van der Waals surface area contributed by atoms with Crippen LogP contribution in [0.15, 0.2) is 24.4 Å². The molecular formula is C19H25N3O3. The number of nitrogens with one attached hydrogen (secondary N) is 1. The number of rotatable bonds is 4. The molecule has 1 aliphatic rings. The van der Waals surface area contributed by atoms with E-state index in [-0.39, 0.29) is 6.03 Å². The molecular weight excluding hydrogens is 318 g/mol. The number of hydrogen-bond donors (Lipinski definition) is 1. The maximum absolute atomic E-state index is 12.6. The number of hydrogen-bond acceptors (Lipinski definition) is 3. The van der Waals surface area contributed by atoms with Crippen molar-refractivity contribution in [3.05, 3.63) is 35.5 Å². The van der Waals surface area contributed by atoms with Gasteiger partial charge in [0.15, 0.2) is 0 Å². The monoisotopic (exact) mass is 343 g/mol. The summed E-state index contributed by atoms with van der Waals surface area (Å²) in [5.74, 6) is -0.409. The van der Waals surface area contributed by atoms with Gasteiger partial charge in [0.25, 0.3) is 0 Å². The molecule has 1 unspecified atom stereocenters. The summed E-state index contributed by atoms with van der Waals surface area (Å²) in [4.78, 5) is 26.1. The van der Waals surface area contributed by atoms with Crippen molar-refractivity contribution in [3.8, 4) is 0 Å². The molecule has 1 aromatic heterocycles. The first-order chi connectivity index (χ1) is 12.0. The highest BCUT2D eigenvalue weighted by Gasteiger charge is 2.24. The predicted molar refractivity (Wildman–Crippen MR) is 96.4 cm³/mol. The van der Waals surface area contributed by atoms with Crippen LogP contribution in [0.5, 0.6) is 0 Å². The molecule has 2 heterocycles. The first-order valence-electron chi connectivity index (χ1n) is 8.86. The summed E-state index contributed by atoms with van der Waals surface area (Å²) in [6.45, 7) is 7.94. The van der Waals surface area contributed by atoms with Crippen molar-refractivity contribution < 1.29 is 14.3 Å². The Labute approximate surface area is 147 Å². The van der Waals surface area contributed by atoms with E-state index in [2.05, 4.69) is 35.1 Å². The smallest absolute Gasteiger partial charge is 0.328 e. The number of urea groups is 1. The van der Waals surface area contributed by atoms with Gasteiger partial charge in [-0.15, -0.1) is 0 Å². The Morgan fingerprint density at radius 3 is 2.80 bits per heavy atom. The molecule has 1 N–H and O–H groups in total. The van der Waals surface area contributed by atoms with Crippen molar-refractivity contribution in [2.75, 3.05) is 13.2 Å². The largest absolute Gasteiger partial charge is 0.464 e. The standard InChI is InChI=1S/C19H25N3O3/c1-4-21-11-15-9-10-22(12-14-7-6-8-16(21)17(14)15)19(24)20-13(3)18(23)25-5-2/h6-8,11,13H,4-5,9-10,12H2,1-3H3,(H,20,24). The molecule has 25 heavy (non-hydrogen) atoms. The van der Waals surface area contributed by atoms with Gasteiger partial charge in [-0.3, -0.25) is 0 Å². The third kappa shape index (κ3) is 3.34. The van der Waals surface area contributed by atoms with Gasteiger partial charge in [0.05, 0.1) is 6.61 Å². The van der Waals surface area contributed by atoms with E-state index in [1.165, 1.54) is 16.5 Å². The summed E-state index contributed by atoms with van der Waals surface area (Å²) < 4.78 is 7.21. The Hall–Kier alpha value is -2.50. The first-order valence-corrected chi connectivity index (χ1v) is 8.86. The Kier molecular flexibility index (Phi) is 4.97. The van der Waals surface area contributed by atoms with Gasteiger partial charge >= 0.3 is 12.0 Å². The Bertz CT molecular complexity index is 797. The topological polar surface area (TPSA) is 63.6 Å². The maximum atomic E-state index is 12.6. The number of benzene rings is 1. The van der Waals surface area contributed by atoms with Crippen molar-refractivity contribution in [3.63, 3.8) is 0 Å². The zero-order chi connectivity index (χ0) is 18.0. The number of nitrogens with zero attached hydrogens (tertiary/aromatic N) is 2. The molecule has 2 amide bonds. The van der Waals surface area contributed by atoms with E-state index in [0.717, 1.165) is 18.5 Å². The number of carbonyl (C=O) groups is 2. The number of aryl methyl sites for hydroxylation is 1. The van der Waals surface area contributed by atoms with Crippen LogP contribution in [0, 0.1) is 0 Å². The fourth-order valence-electron chi connectivity index (χ4n) is 3.42. The van der Waals surface area contributed by atoms with Gasteiger partial charge in [0.1, 0.15) is 6.04 Å². The van der Waals surface area contributed by atoms with E-state index in [9.17, 15) is 9.59 Å². The summed E-state index contributed by atoms with van der Waals surface area (Å²) in [7, 11) is 0. The summed E-state index contributed by atoms with van der Waals surface area (Å²) in [5, 5.41) is 4.00. The number of ether oxygens (including phenoxy) is 1. The molecule has 3 rings (SSSR count). The molecule has 0 aliphatic carbocycles. The van der Waals surface area contributed by atoms with E-state index in [0.29, 0.717) is 19.7 Å². The molecule has 0 saturated heterocycles. The van der Waals surface area contributed by atoms with Crippen molar-refractivity contribution in [1.29, 1.82) is 0 Å². The number of amides is 2. The van der Waals surface area contributed by atoms with Crippen LogP contribution >= 0.6 is 0 Å². The average molecular weight is 343 g/mol. The van der Waals surface area contributed by atoms with Gasteiger partial charge in [-0.25, -0.2) is 9.59 Å². The summed E-state index contributed by atoms with van der Waals surface area (Å²) in [6, 6.07) is 5.36. The van der Waals surface area contributed by atoms with E-state index >= 15 is 0 Å². The van der Waals surface area contributed by atoms with Crippen LogP contribution in [-0.2, 0) is 29.0 Å². The zero-order valence-electron chi connectivity index (χ0n) is 15.0. The predicted octanol–water partition coefficient (Wildman–Crippen LogP) is 2.68. The van der Waals surface area contributed by atoms with Crippen LogP contribution in [-0.4, -0.2) is 40.7 Å². The van der Waals surface area contributed by atoms with Gasteiger partial charge in [-0.2, -0.15) is 0 Å². The normalized spacial score (nSPS) is 14.9. The van der Waals surface area contributed by atoms with Crippen molar-refractivity contribution >= 4 is 22.9 Å². The van der Waals surface area contributed by atoms with Gasteiger partial charge in [0, 0.05) is 36.7 Å². The van der Waals surface area contributed by atoms with Gasteiger partial charge < -0.3 is 19.5 Å². The number of carbonyl (C=O) groups excluding carboxylic acids is 2. The lowest BCUT2D eigenvalue weighted by Crippen LogP contribution is -2.47. The number of esters is 1. The van der Waals surface area contributed by atoms with E-state index in [1.54, 1.807) is 18.7 Å². The molecule has 1 aromatic carbocycles. The molecule has 1 aliphatic heterocycles. The van der Waals surface area contributed by atoms with Gasteiger partial charge in [-0.1, -0.05) is 12.1 Å². The Morgan fingerprint density at radius 1 is 1.28 bits per heavy atom. The van der Waals surface area contributed by atoms with Gasteiger partial charge in [-0.05, 0) is 44.4 Å². The van der Waals surface area contributed by atoms with Crippen molar-refractivity contribution in [2.24, 2.45) is 0 Å². The second-order valence-electron chi connectivity index (χ2n) is 6.35. The fraction of sp³-hybridized carbons (Fsp3) is 0.474. The van der Waals surface area contributed by atoms with Crippen molar-refractivity contribution in [1.82, 2.24) is 14.8 Å². The molecule has 2 aromatic rings. The summed E-state index contributed by atoms with van der Waals surface area (Å²) in [6.07, 6.45) is 3.00. The minimum absolute atomic E-state index is 0.230. The highest BCUT2D eigenvalue weighted by atomic mass is 16.5. The molecule has 0 saturated carbocycles. The molecule has 0 spiro atoms. The second-order valence-corrected chi connectivity index (χ2v) is 6.35. The van der Waals surface area contributed by atoms with E-state index in [1.807, 2.05) is 6.07 Å². The first kappa shape index (κ1) is 17.3. The summed E-state index contributed by atoms with van der Waals surface area (Å²) >= 11 is 0. The van der Waals surface area contributed by atoms with E-state index in [4.69, 9.17) is 4.74 Å². The Morgan fingerprint density at radius 2 is 2.08 bits per heavy atom. The lowest BCUT2D eigenvalue weighted by Gasteiger charge is -2.23. The van der Waals surface area contributed by atoms with Crippen LogP contribution in [0.3, 0.4) is 0 Å². The van der Waals surface area contributed by atoms with E-state index < -0.39 is 12.0 Å². The van der Waals surface area contributed by atoms with Gasteiger partial charge in [0.2, 0.25) is 0 Å². The molecule has 1 atom stereocenters. The second kappa shape index (κ2) is 7.17. The minimum atomic E-state index is -0.653. The molecule has 0 fully saturated rings. The van der Waals surface area contributed by atoms with Crippen LogP contribution in [0.25, 0.3) is 10.9 Å². The minimum Gasteiger partial charge on any atom is -0.464 e. The molecule has 0 bridgehead atoms. The fourth-order valence-corrected chi connectivity index (χ4v) is 3.42. The van der Waals surface area contributed by atoms with Crippen LogP contribution in [0.1, 0.15) is 31.9 Å². The quantitative estimate of drug-likeness (QED) is 0.868. The molecule has 6 heteroatoms. The zero-order valence-corrected chi connectivity index (χ0v) is 15.0. The molecule has 6 nitrogen and oxygen atoms in total. The van der Waals surface area contributed by atoms with Crippen LogP contribution in [0.4, 0.5) is 4.79 Å². The highest BCUT2D eigenvalue weighted by molar-refractivity contribution is 5.89. The summed E-state index contributed by atoms with van der Waals surface area (Å²) in [5.41, 5.74) is 3.65. The average Bonchev–Trinajstić information content (AvgIpc) is 2.85. The lowest BCUT2D eigenvalue weighted by molar-refractivity contribution is -0.144. The highest BCUT2D eigenvalue weighted by Crippen LogP contribution is 2.29. The van der Waals surface area contributed by atoms with Crippen LogP contribution in [0.2, 0.25) is 0 Å². The lowest BCUT2D eigenvalue weighted by atomic mass is 10.1. The molecule has 0 radical (unpaired) electrons. The molecule has 134 valence electrons. The third-order valence-corrected chi connectivity index (χ3v) is 4.69. The third-order valence-electron chi connectivity index (χ3n) is 4.69. The SMILES string of the molecule is CCOC(=O)C(C)NC(=O)N1CCc2cn(CC)c3cccc(c23)C1. The number of aromatic nitrogens is 1. The Balaban J connectivity index is 1.79. The maximum Gasteiger partial charge on any atom is 0.328 e.